The number of nitriles is 1. The van der Waals surface area contributed by atoms with Gasteiger partial charge in [-0.1, -0.05) is 54.3 Å². The quantitative estimate of drug-likeness (QED) is 0.479. The second-order valence-electron chi connectivity index (χ2n) is 8.19. The average molecular weight is 515 g/mol. The first kappa shape index (κ1) is 24.2. The van der Waals surface area contributed by atoms with Crippen molar-refractivity contribution in [3.05, 3.63) is 67.8 Å². The molecule has 2 aliphatic rings. The van der Waals surface area contributed by atoms with Crippen molar-refractivity contribution >= 4 is 55.9 Å². The molecular weight excluding hydrogens is 492 g/mol. The summed E-state index contributed by atoms with van der Waals surface area (Å²) >= 11 is 6.50. The molecule has 2 aromatic rings. The van der Waals surface area contributed by atoms with Crippen molar-refractivity contribution < 1.29 is 13.2 Å². The first-order valence-electron chi connectivity index (χ1n) is 10.5. The highest BCUT2D eigenvalue weighted by Gasteiger charge is 2.42. The molecule has 8 nitrogen and oxygen atoms in total. The number of thioether (sulfide) groups is 1. The van der Waals surface area contributed by atoms with Gasteiger partial charge in [0.25, 0.3) is 11.5 Å². The van der Waals surface area contributed by atoms with E-state index in [4.69, 9.17) is 12.2 Å². The Bertz CT molecular complexity index is 1420. The summed E-state index contributed by atoms with van der Waals surface area (Å²) in [6.45, 7) is 2.10. The van der Waals surface area contributed by atoms with E-state index in [2.05, 4.69) is 5.32 Å². The zero-order valence-electron chi connectivity index (χ0n) is 18.6. The number of carbonyl (C=O) groups excluding carboxylic acids is 1. The summed E-state index contributed by atoms with van der Waals surface area (Å²) < 4.78 is 25.5. The number of pyridine rings is 1. The normalized spacial score (nSPS) is 20.7. The van der Waals surface area contributed by atoms with Crippen molar-refractivity contribution in [3.63, 3.8) is 0 Å². The fourth-order valence-electron chi connectivity index (χ4n) is 4.13. The minimum absolute atomic E-state index is 0.00336. The number of thiocarbonyl (C=S) groups is 1. The number of hydrogen-bond acceptors (Lipinski definition) is 8. The molecule has 2 aliphatic heterocycles. The van der Waals surface area contributed by atoms with E-state index in [0.717, 1.165) is 17.3 Å². The van der Waals surface area contributed by atoms with Gasteiger partial charge in [0.15, 0.2) is 9.84 Å². The van der Waals surface area contributed by atoms with Crippen LogP contribution in [0.15, 0.2) is 40.0 Å². The van der Waals surface area contributed by atoms with E-state index in [-0.39, 0.29) is 23.0 Å². The van der Waals surface area contributed by atoms with Gasteiger partial charge in [-0.25, -0.2) is 8.42 Å². The van der Waals surface area contributed by atoms with Gasteiger partial charge in [-0.2, -0.15) is 5.26 Å². The third-order valence-electron chi connectivity index (χ3n) is 5.98. The van der Waals surface area contributed by atoms with Crippen molar-refractivity contribution in [1.29, 1.82) is 5.26 Å². The molecule has 2 saturated heterocycles. The summed E-state index contributed by atoms with van der Waals surface area (Å²) in [5, 5.41) is 12.8. The number of nitrogens with one attached hydrogen (secondary N) is 1. The maximum absolute atomic E-state index is 13.2. The predicted octanol–water partition coefficient (Wildman–Crippen LogP) is 2.57. The highest BCUT2D eigenvalue weighted by Crippen LogP contribution is 2.37. The lowest BCUT2D eigenvalue weighted by atomic mass is 10.0. The monoisotopic (exact) mass is 514 g/mol. The summed E-state index contributed by atoms with van der Waals surface area (Å²) in [4.78, 5) is 27.7. The molecule has 2 fully saturated rings. The number of nitrogens with zero attached hydrogens (tertiary/aromatic N) is 3. The van der Waals surface area contributed by atoms with E-state index in [1.54, 1.807) is 20.0 Å². The molecule has 0 spiro atoms. The van der Waals surface area contributed by atoms with E-state index in [1.807, 2.05) is 36.4 Å². The third-order valence-corrected chi connectivity index (χ3v) is 9.06. The molecule has 1 amide bonds. The lowest BCUT2D eigenvalue weighted by molar-refractivity contribution is -0.123. The molecule has 176 valence electrons. The van der Waals surface area contributed by atoms with Gasteiger partial charge in [-0.15, -0.1) is 0 Å². The number of amides is 1. The van der Waals surface area contributed by atoms with Crippen molar-refractivity contribution in [2.75, 3.05) is 16.8 Å². The maximum atomic E-state index is 13.2. The van der Waals surface area contributed by atoms with Gasteiger partial charge >= 0.3 is 0 Å². The van der Waals surface area contributed by atoms with Gasteiger partial charge in [-0.3, -0.25) is 19.1 Å². The number of benzene rings is 1. The Morgan fingerprint density at radius 2 is 2.00 bits per heavy atom. The highest BCUT2D eigenvalue weighted by atomic mass is 32.2. The fraction of sp³-hybridized carbons (Fsp3) is 0.304. The second-order valence-corrected chi connectivity index (χ2v) is 12.1. The predicted molar refractivity (Wildman–Crippen MR) is 137 cm³/mol. The van der Waals surface area contributed by atoms with E-state index in [0.29, 0.717) is 39.1 Å². The third kappa shape index (κ3) is 4.53. The van der Waals surface area contributed by atoms with Crippen LogP contribution in [0.1, 0.15) is 28.7 Å². The van der Waals surface area contributed by atoms with Crippen molar-refractivity contribution in [2.45, 2.75) is 25.9 Å². The molecule has 0 aliphatic carbocycles. The Hall–Kier alpha value is -2.94. The van der Waals surface area contributed by atoms with Crippen LogP contribution in [0, 0.1) is 18.3 Å². The zero-order chi connectivity index (χ0) is 24.6. The molecule has 3 heterocycles. The zero-order valence-corrected chi connectivity index (χ0v) is 21.0. The van der Waals surface area contributed by atoms with Gasteiger partial charge in [0, 0.05) is 19.2 Å². The number of sulfone groups is 1. The summed E-state index contributed by atoms with van der Waals surface area (Å²) in [7, 11) is -1.62. The van der Waals surface area contributed by atoms with Crippen LogP contribution in [-0.2, 0) is 28.2 Å². The van der Waals surface area contributed by atoms with Gasteiger partial charge < -0.3 is 5.32 Å². The van der Waals surface area contributed by atoms with Crippen LogP contribution in [0.25, 0.3) is 6.08 Å². The number of anilines is 1. The molecule has 11 heteroatoms. The van der Waals surface area contributed by atoms with Crippen molar-refractivity contribution in [3.8, 4) is 6.07 Å². The molecule has 1 atom stereocenters. The Morgan fingerprint density at radius 3 is 2.62 bits per heavy atom. The Kier molecular flexibility index (Phi) is 6.66. The molecule has 1 aromatic carbocycles. The van der Waals surface area contributed by atoms with Crippen molar-refractivity contribution in [2.24, 2.45) is 7.05 Å². The first-order chi connectivity index (χ1) is 16.1. The van der Waals surface area contributed by atoms with E-state index >= 15 is 0 Å². The lowest BCUT2D eigenvalue weighted by Crippen LogP contribution is -2.39. The maximum Gasteiger partial charge on any atom is 0.270 e. The number of carbonyl (C=O) groups is 1. The van der Waals surface area contributed by atoms with Crippen LogP contribution in [0.4, 0.5) is 5.82 Å². The van der Waals surface area contributed by atoms with Crippen LogP contribution in [0.2, 0.25) is 0 Å². The van der Waals surface area contributed by atoms with E-state index in [1.165, 1.54) is 9.47 Å². The minimum atomic E-state index is -3.19. The second kappa shape index (κ2) is 9.37. The summed E-state index contributed by atoms with van der Waals surface area (Å²) in [5.74, 6) is 0.0396. The molecule has 0 bridgehead atoms. The van der Waals surface area contributed by atoms with E-state index in [9.17, 15) is 23.3 Å². The summed E-state index contributed by atoms with van der Waals surface area (Å²) in [5.41, 5.74) is 1.55. The summed E-state index contributed by atoms with van der Waals surface area (Å²) in [6.07, 6.45) is 1.98. The Morgan fingerprint density at radius 1 is 1.29 bits per heavy atom. The van der Waals surface area contributed by atoms with Gasteiger partial charge in [0.1, 0.15) is 21.8 Å². The highest BCUT2D eigenvalue weighted by molar-refractivity contribution is 8.26. The van der Waals surface area contributed by atoms with Gasteiger partial charge in [0.05, 0.1) is 22.5 Å². The summed E-state index contributed by atoms with van der Waals surface area (Å²) in [6, 6.07) is 11.1. The molecule has 34 heavy (non-hydrogen) atoms. The Labute approximate surface area is 207 Å². The van der Waals surface area contributed by atoms with Gasteiger partial charge in [0.2, 0.25) is 0 Å². The average Bonchev–Trinajstić information content (AvgIpc) is 3.29. The smallest absolute Gasteiger partial charge is 0.270 e. The first-order valence-corrected chi connectivity index (χ1v) is 13.6. The van der Waals surface area contributed by atoms with Crippen LogP contribution >= 0.6 is 24.0 Å². The van der Waals surface area contributed by atoms with Crippen molar-refractivity contribution in [1.82, 2.24) is 9.47 Å². The standard InChI is InChI=1S/C23H22N4O4S3/c1-14-17(10-19-22(29)27(23(32)33-19)16-8-9-34(30,31)13-16)20(26(2)21(28)18(14)11-24)25-12-15-6-4-3-5-7-15/h3-7,10,16,25H,8-9,12-13H2,1-2H3/b19-10+. The number of rotatable bonds is 5. The molecule has 0 radical (unpaired) electrons. The molecule has 1 unspecified atom stereocenters. The van der Waals surface area contributed by atoms with Crippen LogP contribution in [-0.4, -0.2) is 45.7 Å². The minimum Gasteiger partial charge on any atom is -0.367 e. The van der Waals surface area contributed by atoms with Crippen LogP contribution in [0.3, 0.4) is 0 Å². The Balaban J connectivity index is 1.75. The fourth-order valence-corrected chi connectivity index (χ4v) is 7.21. The number of aromatic nitrogens is 1. The molecule has 0 saturated carbocycles. The topological polar surface area (TPSA) is 112 Å². The van der Waals surface area contributed by atoms with E-state index < -0.39 is 21.4 Å². The van der Waals surface area contributed by atoms with Gasteiger partial charge in [-0.05, 0) is 30.5 Å². The SMILES string of the molecule is Cc1c(/C=C2/SC(=S)N(C3CCS(=O)(=O)C3)C2=O)c(NCc2ccccc2)n(C)c(=O)c1C#N. The molecule has 1 aromatic heterocycles. The van der Waals surface area contributed by atoms with Crippen LogP contribution in [0.5, 0.6) is 0 Å². The number of hydrogen-bond donors (Lipinski definition) is 1. The van der Waals surface area contributed by atoms with Crippen LogP contribution < -0.4 is 10.9 Å². The lowest BCUT2D eigenvalue weighted by Gasteiger charge is -2.21. The molecular formula is C23H22N4O4S3. The molecule has 4 rings (SSSR count). The largest absolute Gasteiger partial charge is 0.367 e. The molecule has 1 N–H and O–H groups in total.